The van der Waals surface area contributed by atoms with Crippen LogP contribution in [-0.4, -0.2) is 28.6 Å². The van der Waals surface area contributed by atoms with Crippen molar-refractivity contribution in [3.63, 3.8) is 0 Å². The molecule has 31 heavy (non-hydrogen) atoms. The Labute approximate surface area is 185 Å². The van der Waals surface area contributed by atoms with Crippen LogP contribution in [0.15, 0.2) is 42.6 Å². The summed E-state index contributed by atoms with van der Waals surface area (Å²) in [6.07, 6.45) is 6.77. The second kappa shape index (κ2) is 7.89. The lowest BCUT2D eigenvalue weighted by Crippen LogP contribution is -2.36. The molecule has 1 N–H and O–H groups in total. The quantitative estimate of drug-likeness (QED) is 0.555. The number of aryl methyl sites for hydroxylation is 1. The number of esters is 1. The molecule has 3 heterocycles. The summed E-state index contributed by atoms with van der Waals surface area (Å²) < 4.78 is 7.05. The molecule has 2 aliphatic rings. The fourth-order valence-electron chi connectivity index (χ4n) is 4.65. The Bertz CT molecular complexity index is 1160. The molecule has 6 nitrogen and oxygen atoms in total. The Morgan fingerprint density at radius 1 is 1.13 bits per heavy atom. The molecule has 5 rings (SSSR count). The third-order valence-electron chi connectivity index (χ3n) is 6.28. The first-order valence-corrected chi connectivity index (χ1v) is 11.5. The van der Waals surface area contributed by atoms with Gasteiger partial charge in [0.1, 0.15) is 5.00 Å². The first-order valence-electron chi connectivity index (χ1n) is 10.6. The van der Waals surface area contributed by atoms with Crippen molar-refractivity contribution >= 4 is 29.0 Å². The third-order valence-corrected chi connectivity index (χ3v) is 7.61. The van der Waals surface area contributed by atoms with Gasteiger partial charge in [0.25, 0.3) is 0 Å². The summed E-state index contributed by atoms with van der Waals surface area (Å²) in [5.41, 5.74) is 4.81. The molecule has 2 amide bonds. The molecular weight excluding hydrogens is 410 g/mol. The van der Waals surface area contributed by atoms with E-state index in [2.05, 4.69) is 35.1 Å². The highest BCUT2D eigenvalue weighted by Gasteiger charge is 2.33. The number of carbonyl (C=O) groups is 2. The zero-order valence-corrected chi connectivity index (χ0v) is 18.5. The van der Waals surface area contributed by atoms with Crippen LogP contribution in [0.5, 0.6) is 0 Å². The minimum absolute atomic E-state index is 0.0855. The Kier molecular flexibility index (Phi) is 5.06. The smallest absolute Gasteiger partial charge is 0.337 e. The molecule has 0 saturated carbocycles. The van der Waals surface area contributed by atoms with Gasteiger partial charge in [-0.1, -0.05) is 6.07 Å². The maximum atomic E-state index is 13.4. The number of methoxy groups -OCH3 is 1. The molecule has 1 aliphatic heterocycles. The highest BCUT2D eigenvalue weighted by atomic mass is 32.1. The zero-order valence-electron chi connectivity index (χ0n) is 17.7. The minimum Gasteiger partial charge on any atom is -0.465 e. The minimum atomic E-state index is -0.424. The van der Waals surface area contributed by atoms with Crippen LogP contribution in [0, 0.1) is 0 Å². The fourth-order valence-corrected chi connectivity index (χ4v) is 6.05. The van der Waals surface area contributed by atoms with Gasteiger partial charge in [-0.2, -0.15) is 0 Å². The molecule has 0 bridgehead atoms. The number of thiophene rings is 1. The molecule has 7 heteroatoms. The summed E-state index contributed by atoms with van der Waals surface area (Å²) >= 11 is 1.88. The molecule has 1 aromatic carbocycles. The van der Waals surface area contributed by atoms with Gasteiger partial charge in [-0.25, -0.2) is 9.59 Å². The molecule has 160 valence electrons. The Morgan fingerprint density at radius 3 is 2.81 bits per heavy atom. The lowest BCUT2D eigenvalue weighted by Gasteiger charge is -2.28. The first-order chi connectivity index (χ1) is 15.1. The number of urea groups is 1. The number of rotatable bonds is 2. The second-order valence-corrected chi connectivity index (χ2v) is 9.19. The Balaban J connectivity index is 1.49. The van der Waals surface area contributed by atoms with E-state index in [1.165, 1.54) is 41.0 Å². The SMILES string of the molecule is COC(=O)c1cccc(NC(=O)N2Cc3c(sc4c3CCCC4)-n3cccc3[C@H]2C)c1. The van der Waals surface area contributed by atoms with Gasteiger partial charge in [-0.3, -0.25) is 0 Å². The van der Waals surface area contributed by atoms with E-state index in [-0.39, 0.29) is 12.1 Å². The van der Waals surface area contributed by atoms with E-state index in [0.29, 0.717) is 17.8 Å². The summed E-state index contributed by atoms with van der Waals surface area (Å²) in [5.74, 6) is -0.424. The van der Waals surface area contributed by atoms with Crippen molar-refractivity contribution in [3.05, 3.63) is 69.9 Å². The highest BCUT2D eigenvalue weighted by molar-refractivity contribution is 7.15. The predicted molar refractivity (Wildman–Crippen MR) is 121 cm³/mol. The lowest BCUT2D eigenvalue weighted by molar-refractivity contribution is 0.0600. The summed E-state index contributed by atoms with van der Waals surface area (Å²) in [6, 6.07) is 10.7. The van der Waals surface area contributed by atoms with Crippen molar-refractivity contribution < 1.29 is 14.3 Å². The van der Waals surface area contributed by atoms with Gasteiger partial charge in [-0.05, 0) is 68.5 Å². The van der Waals surface area contributed by atoms with Gasteiger partial charge in [0.15, 0.2) is 0 Å². The third kappa shape index (κ3) is 3.43. The van der Waals surface area contributed by atoms with E-state index in [0.717, 1.165) is 18.5 Å². The zero-order chi connectivity index (χ0) is 21.5. The summed E-state index contributed by atoms with van der Waals surface area (Å²) in [6.45, 7) is 2.64. The molecule has 1 atom stereocenters. The van der Waals surface area contributed by atoms with Crippen LogP contribution < -0.4 is 5.32 Å². The predicted octanol–water partition coefficient (Wildman–Crippen LogP) is 5.31. The second-order valence-electron chi connectivity index (χ2n) is 8.10. The molecule has 0 saturated heterocycles. The van der Waals surface area contributed by atoms with Crippen molar-refractivity contribution in [2.45, 2.75) is 45.2 Å². The van der Waals surface area contributed by atoms with Crippen LogP contribution in [0.1, 0.15) is 57.9 Å². The average Bonchev–Trinajstić information content (AvgIpc) is 3.39. The molecule has 0 fully saturated rings. The van der Waals surface area contributed by atoms with Crippen molar-refractivity contribution in [2.24, 2.45) is 0 Å². The van der Waals surface area contributed by atoms with Crippen molar-refractivity contribution in [3.8, 4) is 5.00 Å². The number of anilines is 1. The average molecular weight is 436 g/mol. The van der Waals surface area contributed by atoms with E-state index >= 15 is 0 Å². The van der Waals surface area contributed by atoms with E-state index < -0.39 is 5.97 Å². The van der Waals surface area contributed by atoms with Crippen molar-refractivity contribution in [2.75, 3.05) is 12.4 Å². The van der Waals surface area contributed by atoms with Crippen molar-refractivity contribution in [1.82, 2.24) is 9.47 Å². The topological polar surface area (TPSA) is 63.6 Å². The number of fused-ring (bicyclic) bond motifs is 5. The molecule has 2 aromatic heterocycles. The van der Waals surface area contributed by atoms with Crippen LogP contribution in [0.25, 0.3) is 5.00 Å². The standard InChI is InChI=1S/C24H25N3O3S/c1-15-20-10-6-12-26(20)22-19(18-9-3-4-11-21(18)31-22)14-27(15)24(29)25-17-8-5-7-16(13-17)23(28)30-2/h5-8,10,12-13,15H,3-4,9,11,14H2,1-2H3,(H,25,29)/t15-/m1/s1. The van der Waals surface area contributed by atoms with Crippen LogP contribution in [-0.2, 0) is 24.1 Å². The van der Waals surface area contributed by atoms with Gasteiger partial charge in [0, 0.05) is 28.0 Å². The molecular formula is C24H25N3O3S. The van der Waals surface area contributed by atoms with Crippen LogP contribution in [0.3, 0.4) is 0 Å². The number of nitrogens with one attached hydrogen (secondary N) is 1. The molecule has 1 aliphatic carbocycles. The Hall–Kier alpha value is -3.06. The Morgan fingerprint density at radius 2 is 1.97 bits per heavy atom. The van der Waals surface area contributed by atoms with Crippen molar-refractivity contribution in [1.29, 1.82) is 0 Å². The molecule has 0 spiro atoms. The van der Waals surface area contributed by atoms with E-state index in [4.69, 9.17) is 4.74 Å². The maximum Gasteiger partial charge on any atom is 0.337 e. The van der Waals surface area contributed by atoms with Crippen LogP contribution in [0.2, 0.25) is 0 Å². The van der Waals surface area contributed by atoms with E-state index in [1.807, 2.05) is 16.2 Å². The molecule has 0 radical (unpaired) electrons. The monoisotopic (exact) mass is 435 g/mol. The molecule has 0 unspecified atom stereocenters. The summed E-state index contributed by atoms with van der Waals surface area (Å²) in [7, 11) is 1.35. The summed E-state index contributed by atoms with van der Waals surface area (Å²) in [5, 5.41) is 4.24. The first kappa shape index (κ1) is 19.9. The van der Waals surface area contributed by atoms with Crippen LogP contribution in [0.4, 0.5) is 10.5 Å². The van der Waals surface area contributed by atoms with E-state index in [1.54, 1.807) is 24.3 Å². The van der Waals surface area contributed by atoms with Gasteiger partial charge in [-0.15, -0.1) is 11.3 Å². The van der Waals surface area contributed by atoms with Gasteiger partial charge >= 0.3 is 12.0 Å². The van der Waals surface area contributed by atoms with Gasteiger partial charge in [0.2, 0.25) is 0 Å². The maximum absolute atomic E-state index is 13.4. The summed E-state index contributed by atoms with van der Waals surface area (Å²) in [4.78, 5) is 28.6. The number of ether oxygens (including phenoxy) is 1. The fraction of sp³-hybridized carbons (Fsp3) is 0.333. The highest BCUT2D eigenvalue weighted by Crippen LogP contribution is 2.42. The normalized spacial score (nSPS) is 17.2. The number of benzene rings is 1. The van der Waals surface area contributed by atoms with Crippen LogP contribution >= 0.6 is 11.3 Å². The van der Waals surface area contributed by atoms with E-state index in [9.17, 15) is 9.59 Å². The number of hydrogen-bond donors (Lipinski definition) is 1. The van der Waals surface area contributed by atoms with Gasteiger partial charge in [0.05, 0.1) is 25.3 Å². The number of amides is 2. The number of hydrogen-bond acceptors (Lipinski definition) is 4. The largest absolute Gasteiger partial charge is 0.465 e. The number of carbonyl (C=O) groups excluding carboxylic acids is 2. The van der Waals surface area contributed by atoms with Gasteiger partial charge < -0.3 is 19.5 Å². The number of nitrogens with zero attached hydrogens (tertiary/aromatic N) is 2. The lowest BCUT2D eigenvalue weighted by atomic mass is 9.95. The number of aromatic nitrogens is 1. The molecule has 3 aromatic rings.